The number of rotatable bonds is 7. The molecule has 3 rings (SSSR count). The van der Waals surface area contributed by atoms with Gasteiger partial charge >= 0.3 is 0 Å². The molecular formula is C20H26Cl2N6O5S. The quantitative estimate of drug-likeness (QED) is 0.456. The van der Waals surface area contributed by atoms with E-state index in [2.05, 4.69) is 20.3 Å². The van der Waals surface area contributed by atoms with E-state index in [9.17, 15) is 18.0 Å². The number of aromatic amines is 1. The lowest BCUT2D eigenvalue weighted by atomic mass is 10.0. The Hall–Kier alpha value is -2.57. The van der Waals surface area contributed by atoms with Crippen molar-refractivity contribution in [3.05, 3.63) is 27.1 Å². The van der Waals surface area contributed by atoms with Crippen molar-refractivity contribution in [3.8, 4) is 5.75 Å². The first-order valence-electron chi connectivity index (χ1n) is 10.5. The maximum absolute atomic E-state index is 12.7. The summed E-state index contributed by atoms with van der Waals surface area (Å²) < 4.78 is 30.7. The number of anilines is 1. The molecule has 1 aliphatic rings. The van der Waals surface area contributed by atoms with E-state index in [-0.39, 0.29) is 39.9 Å². The molecule has 186 valence electrons. The van der Waals surface area contributed by atoms with Crippen molar-refractivity contribution in [1.29, 1.82) is 0 Å². The molecule has 0 atom stereocenters. The molecule has 2 amide bonds. The Balaban J connectivity index is 1.84. The predicted molar refractivity (Wildman–Crippen MR) is 128 cm³/mol. The number of nitrogens with two attached hydrogens (primary N) is 1. The van der Waals surface area contributed by atoms with Gasteiger partial charge in [-0.3, -0.25) is 9.59 Å². The average molecular weight is 533 g/mol. The zero-order valence-corrected chi connectivity index (χ0v) is 21.4. The topological polar surface area (TPSA) is 160 Å². The summed E-state index contributed by atoms with van der Waals surface area (Å²) in [6.07, 6.45) is 1.03. The van der Waals surface area contributed by atoms with Crippen LogP contribution in [0.3, 0.4) is 0 Å². The van der Waals surface area contributed by atoms with Gasteiger partial charge in [0.1, 0.15) is 5.69 Å². The Kier molecular flexibility index (Phi) is 7.63. The number of primary amides is 1. The summed E-state index contributed by atoms with van der Waals surface area (Å²) in [5, 5.41) is 2.10. The number of methoxy groups -OCH3 is 1. The molecule has 4 N–H and O–H groups in total. The highest BCUT2D eigenvalue weighted by Gasteiger charge is 2.32. The molecule has 3 heterocycles. The van der Waals surface area contributed by atoms with Crippen LogP contribution >= 0.6 is 23.2 Å². The Morgan fingerprint density at radius 3 is 2.29 bits per heavy atom. The van der Waals surface area contributed by atoms with Crippen molar-refractivity contribution in [1.82, 2.24) is 20.3 Å². The highest BCUT2D eigenvalue weighted by atomic mass is 35.5. The second-order valence-corrected chi connectivity index (χ2v) is 11.3. The number of piperidine rings is 1. The van der Waals surface area contributed by atoms with Crippen LogP contribution in [0.5, 0.6) is 5.75 Å². The van der Waals surface area contributed by atoms with E-state index in [4.69, 9.17) is 33.7 Å². The molecule has 2 aromatic heterocycles. The molecular weight excluding hydrogens is 507 g/mol. The van der Waals surface area contributed by atoms with Gasteiger partial charge in [0.25, 0.3) is 11.8 Å². The summed E-state index contributed by atoms with van der Waals surface area (Å²) >= 11 is 12.2. The van der Waals surface area contributed by atoms with Crippen LogP contribution < -0.4 is 20.7 Å². The van der Waals surface area contributed by atoms with Gasteiger partial charge in [-0.05, 0) is 33.6 Å². The summed E-state index contributed by atoms with van der Waals surface area (Å²) in [4.78, 5) is 37.4. The second kappa shape index (κ2) is 9.96. The van der Waals surface area contributed by atoms with E-state index in [0.29, 0.717) is 36.6 Å². The Morgan fingerprint density at radius 1 is 1.21 bits per heavy atom. The SMILES string of the molecule is COc1c(C(N)=O)nc(S(=O)(=O)C(C)C)nc1N1CCC(NC(=O)c2[nH]c(C)c(Cl)c2Cl)CC1. The van der Waals surface area contributed by atoms with Gasteiger partial charge in [-0.1, -0.05) is 23.2 Å². The number of hydrogen-bond donors (Lipinski definition) is 3. The summed E-state index contributed by atoms with van der Waals surface area (Å²) in [6, 6.07) is -0.176. The first-order valence-corrected chi connectivity index (χ1v) is 12.8. The van der Waals surface area contributed by atoms with Gasteiger partial charge in [0.15, 0.2) is 17.3 Å². The summed E-state index contributed by atoms with van der Waals surface area (Å²) in [6.45, 7) is 5.50. The third-order valence-corrected chi connectivity index (χ3v) is 8.43. The number of nitrogens with zero attached hydrogens (tertiary/aromatic N) is 3. The highest BCUT2D eigenvalue weighted by Crippen LogP contribution is 2.33. The van der Waals surface area contributed by atoms with E-state index in [1.54, 1.807) is 11.8 Å². The number of hydrogen-bond acceptors (Lipinski definition) is 8. The molecule has 0 aromatic carbocycles. The van der Waals surface area contributed by atoms with Crippen LogP contribution in [0.4, 0.5) is 5.82 Å². The fraction of sp³-hybridized carbons (Fsp3) is 0.500. The number of sulfone groups is 1. The van der Waals surface area contributed by atoms with Gasteiger partial charge in [0.2, 0.25) is 15.0 Å². The Bertz CT molecular complexity index is 1220. The molecule has 2 aromatic rings. The number of amides is 2. The minimum atomic E-state index is -3.88. The molecule has 1 aliphatic heterocycles. The van der Waals surface area contributed by atoms with Gasteiger partial charge in [-0.25, -0.2) is 13.4 Å². The van der Waals surface area contributed by atoms with Gasteiger partial charge in [-0.2, -0.15) is 4.98 Å². The normalized spacial score (nSPS) is 15.0. The van der Waals surface area contributed by atoms with Crippen molar-refractivity contribution in [2.24, 2.45) is 5.73 Å². The maximum atomic E-state index is 12.7. The number of H-pyrrole nitrogens is 1. The molecule has 14 heteroatoms. The lowest BCUT2D eigenvalue weighted by Gasteiger charge is -2.34. The van der Waals surface area contributed by atoms with Gasteiger partial charge < -0.3 is 25.7 Å². The highest BCUT2D eigenvalue weighted by molar-refractivity contribution is 7.91. The minimum Gasteiger partial charge on any atom is -0.491 e. The number of carbonyl (C=O) groups excluding carboxylic acids is 2. The number of ether oxygens (including phenoxy) is 1. The number of aromatic nitrogens is 3. The van der Waals surface area contributed by atoms with Crippen molar-refractivity contribution in [2.75, 3.05) is 25.1 Å². The molecule has 1 fully saturated rings. The summed E-state index contributed by atoms with van der Waals surface area (Å²) in [5.41, 5.74) is 5.92. The number of nitrogens with one attached hydrogen (secondary N) is 2. The standard InChI is InChI=1S/C20H26Cl2N6O5S/c1-9(2)34(31,32)20-26-15(17(23)29)16(33-4)18(27-20)28-7-5-11(6-8-28)25-19(30)14-13(22)12(21)10(3)24-14/h9,11,24H,5-8H2,1-4H3,(H2,23,29)(H,25,30). The van der Waals surface area contributed by atoms with E-state index < -0.39 is 26.2 Å². The zero-order valence-electron chi connectivity index (χ0n) is 19.1. The van der Waals surface area contributed by atoms with E-state index in [1.807, 2.05) is 0 Å². The lowest BCUT2D eigenvalue weighted by Crippen LogP contribution is -2.45. The van der Waals surface area contributed by atoms with Crippen molar-refractivity contribution in [2.45, 2.75) is 50.1 Å². The number of aryl methyl sites for hydroxylation is 1. The largest absolute Gasteiger partial charge is 0.491 e. The molecule has 0 unspecified atom stereocenters. The van der Waals surface area contributed by atoms with Crippen LogP contribution in [-0.4, -0.2) is 66.7 Å². The Labute approximate surface area is 207 Å². The molecule has 11 nitrogen and oxygen atoms in total. The lowest BCUT2D eigenvalue weighted by molar-refractivity contribution is 0.0925. The smallest absolute Gasteiger partial charge is 0.271 e. The molecule has 0 spiro atoms. The fourth-order valence-electron chi connectivity index (χ4n) is 3.55. The first-order chi connectivity index (χ1) is 15.9. The summed E-state index contributed by atoms with van der Waals surface area (Å²) in [7, 11) is -2.55. The summed E-state index contributed by atoms with van der Waals surface area (Å²) in [5.74, 6) is -1.15. The van der Waals surface area contributed by atoms with Crippen LogP contribution in [0.15, 0.2) is 5.16 Å². The maximum Gasteiger partial charge on any atom is 0.271 e. The number of carbonyl (C=O) groups is 2. The second-order valence-electron chi connectivity index (χ2n) is 8.16. The van der Waals surface area contributed by atoms with E-state index in [1.165, 1.54) is 21.0 Å². The third-order valence-electron chi connectivity index (χ3n) is 5.55. The van der Waals surface area contributed by atoms with Crippen molar-refractivity contribution in [3.63, 3.8) is 0 Å². The van der Waals surface area contributed by atoms with Crippen LogP contribution in [-0.2, 0) is 9.84 Å². The van der Waals surface area contributed by atoms with E-state index in [0.717, 1.165) is 0 Å². The molecule has 0 radical (unpaired) electrons. The minimum absolute atomic E-state index is 0.000904. The van der Waals surface area contributed by atoms with Crippen molar-refractivity contribution < 1.29 is 22.7 Å². The zero-order chi connectivity index (χ0) is 25.4. The third kappa shape index (κ3) is 4.93. The van der Waals surface area contributed by atoms with Crippen LogP contribution in [0.2, 0.25) is 10.0 Å². The van der Waals surface area contributed by atoms with Crippen LogP contribution in [0, 0.1) is 6.92 Å². The van der Waals surface area contributed by atoms with Crippen LogP contribution in [0.1, 0.15) is 53.4 Å². The predicted octanol–water partition coefficient (Wildman–Crippen LogP) is 2.11. The first kappa shape index (κ1) is 26.0. The molecule has 0 saturated carbocycles. The monoisotopic (exact) mass is 532 g/mol. The number of halogens is 2. The van der Waals surface area contributed by atoms with Crippen LogP contribution in [0.25, 0.3) is 0 Å². The molecule has 0 aliphatic carbocycles. The molecule has 0 bridgehead atoms. The average Bonchev–Trinajstić information content (AvgIpc) is 3.05. The van der Waals surface area contributed by atoms with Gasteiger partial charge in [0, 0.05) is 24.8 Å². The van der Waals surface area contributed by atoms with Gasteiger partial charge in [0.05, 0.1) is 22.4 Å². The van der Waals surface area contributed by atoms with Gasteiger partial charge in [-0.15, -0.1) is 0 Å². The Morgan fingerprint density at radius 2 is 1.82 bits per heavy atom. The van der Waals surface area contributed by atoms with Crippen molar-refractivity contribution >= 4 is 50.7 Å². The van der Waals surface area contributed by atoms with E-state index >= 15 is 0 Å². The molecule has 34 heavy (non-hydrogen) atoms. The fourth-order valence-corrected chi connectivity index (χ4v) is 4.82. The molecule has 1 saturated heterocycles.